The van der Waals surface area contributed by atoms with Crippen molar-refractivity contribution in [1.82, 2.24) is 9.88 Å². The van der Waals surface area contributed by atoms with Crippen molar-refractivity contribution < 1.29 is 4.79 Å². The molecule has 1 saturated heterocycles. The van der Waals surface area contributed by atoms with Crippen molar-refractivity contribution in [2.75, 3.05) is 6.54 Å². The van der Waals surface area contributed by atoms with Crippen LogP contribution in [-0.4, -0.2) is 27.9 Å². The highest BCUT2D eigenvalue weighted by Gasteiger charge is 2.34. The number of nitrogens with one attached hydrogen (secondary N) is 1. The fourth-order valence-electron chi connectivity index (χ4n) is 3.28. The van der Waals surface area contributed by atoms with Gasteiger partial charge in [-0.2, -0.15) is 0 Å². The van der Waals surface area contributed by atoms with Gasteiger partial charge in [-0.25, -0.2) is 0 Å². The van der Waals surface area contributed by atoms with Gasteiger partial charge in [0.25, 0.3) is 0 Å². The quantitative estimate of drug-likeness (QED) is 0.910. The summed E-state index contributed by atoms with van der Waals surface area (Å²) in [4.78, 5) is 17.7. The van der Waals surface area contributed by atoms with Crippen molar-refractivity contribution >= 4 is 16.8 Å². The van der Waals surface area contributed by atoms with E-state index in [-0.39, 0.29) is 11.4 Å². The van der Waals surface area contributed by atoms with Crippen LogP contribution >= 0.6 is 0 Å². The minimum absolute atomic E-state index is 0.0390. The molecule has 0 bridgehead atoms. The van der Waals surface area contributed by atoms with Gasteiger partial charge >= 0.3 is 0 Å². The molecule has 0 spiro atoms. The summed E-state index contributed by atoms with van der Waals surface area (Å²) in [6.07, 6.45) is 5.70. The van der Waals surface area contributed by atoms with E-state index in [2.05, 4.69) is 35.9 Å². The third-order valence-corrected chi connectivity index (χ3v) is 4.49. The summed E-state index contributed by atoms with van der Waals surface area (Å²) >= 11 is 0. The zero-order valence-corrected chi connectivity index (χ0v) is 12.3. The molecule has 1 aromatic heterocycles. The Hall–Kier alpha value is -1.77. The maximum atomic E-state index is 12.4. The maximum absolute atomic E-state index is 12.4. The van der Waals surface area contributed by atoms with E-state index in [1.54, 1.807) is 0 Å². The fourth-order valence-corrected chi connectivity index (χ4v) is 3.28. The summed E-state index contributed by atoms with van der Waals surface area (Å²) in [7, 11) is 0. The van der Waals surface area contributed by atoms with Gasteiger partial charge in [-0.05, 0) is 44.7 Å². The molecule has 1 aliphatic heterocycles. The lowest BCUT2D eigenvalue weighted by molar-refractivity contribution is -0.134. The molecular formula is C17H22N2O. The monoisotopic (exact) mass is 270 g/mol. The van der Waals surface area contributed by atoms with Crippen molar-refractivity contribution in [3.63, 3.8) is 0 Å². The highest BCUT2D eigenvalue weighted by atomic mass is 16.2. The van der Waals surface area contributed by atoms with E-state index in [1.807, 2.05) is 18.3 Å². The van der Waals surface area contributed by atoms with Gasteiger partial charge in [0.2, 0.25) is 5.91 Å². The minimum Gasteiger partial charge on any atom is -0.361 e. The Morgan fingerprint density at radius 2 is 2.15 bits per heavy atom. The number of para-hydroxylation sites is 1. The standard InChI is InChI=1S/C17H22N2O/c1-17(2)10-5-11-19(17)16(20)9-8-13-12-18-15-7-4-3-6-14(13)15/h3-4,6-7,12,18H,5,8-11H2,1-2H3. The van der Waals surface area contributed by atoms with Crippen molar-refractivity contribution in [3.05, 3.63) is 36.0 Å². The van der Waals surface area contributed by atoms with E-state index in [0.717, 1.165) is 31.3 Å². The van der Waals surface area contributed by atoms with Crippen LogP contribution in [0.2, 0.25) is 0 Å². The number of carbonyl (C=O) groups excluding carboxylic acids is 1. The third-order valence-electron chi connectivity index (χ3n) is 4.49. The van der Waals surface area contributed by atoms with E-state index in [4.69, 9.17) is 0 Å². The van der Waals surface area contributed by atoms with E-state index in [9.17, 15) is 4.79 Å². The van der Waals surface area contributed by atoms with Crippen LogP contribution in [0.3, 0.4) is 0 Å². The number of H-pyrrole nitrogens is 1. The molecule has 20 heavy (non-hydrogen) atoms. The Labute approximate surface area is 120 Å². The molecule has 2 aromatic rings. The lowest BCUT2D eigenvalue weighted by Crippen LogP contribution is -2.42. The van der Waals surface area contributed by atoms with E-state index < -0.39 is 0 Å². The average Bonchev–Trinajstić information content (AvgIpc) is 2.99. The second-order valence-corrected chi connectivity index (χ2v) is 6.32. The molecule has 1 amide bonds. The zero-order chi connectivity index (χ0) is 14.2. The van der Waals surface area contributed by atoms with Gasteiger partial charge in [0.05, 0.1) is 0 Å². The summed E-state index contributed by atoms with van der Waals surface area (Å²) in [6, 6.07) is 8.27. The summed E-state index contributed by atoms with van der Waals surface area (Å²) < 4.78 is 0. The molecule has 106 valence electrons. The van der Waals surface area contributed by atoms with Crippen LogP contribution in [0.1, 0.15) is 38.7 Å². The number of likely N-dealkylation sites (tertiary alicyclic amines) is 1. The summed E-state index contributed by atoms with van der Waals surface area (Å²) in [5.74, 6) is 0.290. The molecule has 2 heterocycles. The second kappa shape index (κ2) is 4.97. The number of aryl methyl sites for hydroxylation is 1. The highest BCUT2D eigenvalue weighted by Crippen LogP contribution is 2.29. The van der Waals surface area contributed by atoms with Crippen molar-refractivity contribution in [2.24, 2.45) is 0 Å². The second-order valence-electron chi connectivity index (χ2n) is 6.32. The van der Waals surface area contributed by atoms with Gasteiger partial charge in [-0.3, -0.25) is 4.79 Å². The predicted octanol–water partition coefficient (Wildman–Crippen LogP) is 3.50. The number of rotatable bonds is 3. The predicted molar refractivity (Wildman–Crippen MR) is 81.6 cm³/mol. The fraction of sp³-hybridized carbons (Fsp3) is 0.471. The van der Waals surface area contributed by atoms with Crippen LogP contribution in [0.15, 0.2) is 30.5 Å². The van der Waals surface area contributed by atoms with E-state index in [0.29, 0.717) is 6.42 Å². The van der Waals surface area contributed by atoms with E-state index in [1.165, 1.54) is 10.9 Å². The van der Waals surface area contributed by atoms with Crippen LogP contribution in [0.5, 0.6) is 0 Å². The first kappa shape index (κ1) is 13.2. The largest absolute Gasteiger partial charge is 0.361 e. The molecule has 0 atom stereocenters. The number of carbonyl (C=O) groups is 1. The summed E-state index contributed by atoms with van der Waals surface area (Å²) in [6.45, 7) is 5.26. The Kier molecular flexibility index (Phi) is 3.28. The molecule has 0 unspecified atom stereocenters. The number of hydrogen-bond acceptors (Lipinski definition) is 1. The lowest BCUT2D eigenvalue weighted by atomic mass is 10.0. The zero-order valence-electron chi connectivity index (χ0n) is 12.3. The minimum atomic E-state index is 0.0390. The van der Waals surface area contributed by atoms with Crippen LogP contribution < -0.4 is 0 Å². The Morgan fingerprint density at radius 1 is 1.35 bits per heavy atom. The van der Waals surface area contributed by atoms with Gasteiger partial charge in [0.15, 0.2) is 0 Å². The van der Waals surface area contributed by atoms with Crippen molar-refractivity contribution in [2.45, 2.75) is 45.1 Å². The van der Waals surface area contributed by atoms with Gasteiger partial charge in [-0.1, -0.05) is 18.2 Å². The Morgan fingerprint density at radius 3 is 2.90 bits per heavy atom. The van der Waals surface area contributed by atoms with Gasteiger partial charge in [-0.15, -0.1) is 0 Å². The molecule has 1 aromatic carbocycles. The number of benzene rings is 1. The summed E-state index contributed by atoms with van der Waals surface area (Å²) in [5, 5.41) is 1.24. The number of amides is 1. The average molecular weight is 270 g/mol. The van der Waals surface area contributed by atoms with Gasteiger partial charge < -0.3 is 9.88 Å². The van der Waals surface area contributed by atoms with Crippen LogP contribution in [0.4, 0.5) is 0 Å². The normalized spacial score (nSPS) is 17.8. The molecule has 1 N–H and O–H groups in total. The first-order valence-electron chi connectivity index (χ1n) is 7.43. The van der Waals surface area contributed by atoms with Crippen LogP contribution in [0.25, 0.3) is 10.9 Å². The molecule has 0 saturated carbocycles. The summed E-state index contributed by atoms with van der Waals surface area (Å²) in [5.41, 5.74) is 2.43. The molecule has 3 nitrogen and oxygen atoms in total. The molecule has 3 rings (SSSR count). The first-order chi connectivity index (χ1) is 9.58. The SMILES string of the molecule is CC1(C)CCCN1C(=O)CCc1c[nH]c2ccccc12. The maximum Gasteiger partial charge on any atom is 0.223 e. The van der Waals surface area contributed by atoms with E-state index >= 15 is 0 Å². The molecule has 1 fully saturated rings. The van der Waals surface area contributed by atoms with Gasteiger partial charge in [0.1, 0.15) is 0 Å². The van der Waals surface area contributed by atoms with Crippen LogP contribution in [0, 0.1) is 0 Å². The number of hydrogen-bond donors (Lipinski definition) is 1. The smallest absolute Gasteiger partial charge is 0.223 e. The lowest BCUT2D eigenvalue weighted by Gasteiger charge is -2.31. The molecular weight excluding hydrogens is 248 g/mol. The van der Waals surface area contributed by atoms with Crippen LogP contribution in [-0.2, 0) is 11.2 Å². The highest BCUT2D eigenvalue weighted by molar-refractivity contribution is 5.84. The Balaban J connectivity index is 1.69. The Bertz CT molecular complexity index is 627. The molecule has 0 aliphatic carbocycles. The molecule has 1 aliphatic rings. The number of fused-ring (bicyclic) bond motifs is 1. The molecule has 3 heteroatoms. The topological polar surface area (TPSA) is 36.1 Å². The number of nitrogens with zero attached hydrogens (tertiary/aromatic N) is 1. The number of aromatic nitrogens is 1. The first-order valence-corrected chi connectivity index (χ1v) is 7.43. The van der Waals surface area contributed by atoms with Gasteiger partial charge in [0, 0.05) is 35.6 Å². The third kappa shape index (κ3) is 2.33. The number of aromatic amines is 1. The van der Waals surface area contributed by atoms with Crippen molar-refractivity contribution in [1.29, 1.82) is 0 Å². The molecule has 0 radical (unpaired) electrons. The van der Waals surface area contributed by atoms with Crippen molar-refractivity contribution in [3.8, 4) is 0 Å².